The fraction of sp³-hybridized carbons (Fsp3) is 0.556. The molecule has 0 N–H and O–H groups in total. The van der Waals surface area contributed by atoms with Gasteiger partial charge in [-0.3, -0.25) is 9.48 Å². The van der Waals surface area contributed by atoms with Gasteiger partial charge in [0.2, 0.25) is 0 Å². The summed E-state index contributed by atoms with van der Waals surface area (Å²) in [6, 6.07) is 0. The fourth-order valence-electron chi connectivity index (χ4n) is 1.59. The second-order valence-corrected chi connectivity index (χ2v) is 3.40. The molecule has 0 amide bonds. The minimum Gasteiger partial charge on any atom is -0.368 e. The van der Waals surface area contributed by atoms with Crippen LogP contribution < -0.4 is 4.90 Å². The minimum atomic E-state index is 0.375. The molecule has 0 aromatic carbocycles. The molecule has 0 spiro atoms. The van der Waals surface area contributed by atoms with E-state index in [1.54, 1.807) is 4.68 Å². The van der Waals surface area contributed by atoms with E-state index < -0.39 is 0 Å². The number of ketones is 1. The van der Waals surface area contributed by atoms with Crippen molar-refractivity contribution in [3.8, 4) is 0 Å². The maximum atomic E-state index is 11.0. The predicted molar refractivity (Wildman–Crippen MR) is 49.7 cm³/mol. The molecule has 1 fully saturated rings. The Bertz CT molecular complexity index is 308. The number of hydrogen-bond donors (Lipinski definition) is 0. The molecule has 1 aromatic rings. The first-order chi connectivity index (χ1) is 6.25. The number of nitrogens with zero attached hydrogens (tertiary/aromatic N) is 3. The van der Waals surface area contributed by atoms with Crippen LogP contribution in [0.25, 0.3) is 0 Å². The summed E-state index contributed by atoms with van der Waals surface area (Å²) in [4.78, 5) is 13.2. The lowest BCUT2D eigenvalue weighted by Gasteiger charge is -2.26. The molecule has 0 aliphatic carbocycles. The van der Waals surface area contributed by atoms with Gasteiger partial charge in [-0.05, 0) is 0 Å². The smallest absolute Gasteiger partial charge is 0.136 e. The fourth-order valence-corrected chi connectivity index (χ4v) is 1.59. The predicted octanol–water partition coefficient (Wildman–Crippen LogP) is 0.589. The van der Waals surface area contributed by atoms with Crippen molar-refractivity contribution in [2.75, 3.05) is 18.0 Å². The molecular weight excluding hydrogens is 166 g/mol. The highest BCUT2D eigenvalue weighted by Crippen LogP contribution is 2.16. The maximum absolute atomic E-state index is 11.0. The normalized spacial score (nSPS) is 17.9. The SMILES string of the molecule is Cn1cc(N2CCC(=O)CC2)cn1. The third-order valence-corrected chi connectivity index (χ3v) is 2.38. The number of Topliss-reactive ketones (excluding diaryl/α,β-unsaturated/α-hetero) is 1. The molecule has 1 aliphatic rings. The van der Waals surface area contributed by atoms with Crippen LogP contribution >= 0.6 is 0 Å². The molecule has 4 nitrogen and oxygen atoms in total. The number of rotatable bonds is 1. The molecule has 0 unspecified atom stereocenters. The summed E-state index contributed by atoms with van der Waals surface area (Å²) >= 11 is 0. The Morgan fingerprint density at radius 3 is 2.62 bits per heavy atom. The van der Waals surface area contributed by atoms with E-state index in [0.29, 0.717) is 18.6 Å². The van der Waals surface area contributed by atoms with Crippen LogP contribution in [0.15, 0.2) is 12.4 Å². The second-order valence-electron chi connectivity index (χ2n) is 3.40. The number of carbonyl (C=O) groups is 1. The van der Waals surface area contributed by atoms with Crippen molar-refractivity contribution in [2.45, 2.75) is 12.8 Å². The van der Waals surface area contributed by atoms with Crippen LogP contribution in [0.5, 0.6) is 0 Å². The summed E-state index contributed by atoms with van der Waals surface area (Å²) < 4.78 is 1.78. The van der Waals surface area contributed by atoms with Gasteiger partial charge in [0, 0.05) is 39.2 Å². The highest BCUT2D eigenvalue weighted by molar-refractivity contribution is 5.80. The lowest BCUT2D eigenvalue weighted by Crippen LogP contribution is -2.33. The molecule has 2 heterocycles. The van der Waals surface area contributed by atoms with Crippen LogP contribution in [-0.4, -0.2) is 28.7 Å². The number of aromatic nitrogens is 2. The van der Waals surface area contributed by atoms with E-state index in [0.717, 1.165) is 18.8 Å². The second kappa shape index (κ2) is 3.20. The zero-order valence-electron chi connectivity index (χ0n) is 7.73. The lowest BCUT2D eigenvalue weighted by molar-refractivity contribution is -0.119. The van der Waals surface area contributed by atoms with E-state index in [-0.39, 0.29) is 0 Å². The zero-order valence-corrected chi connectivity index (χ0v) is 7.73. The van der Waals surface area contributed by atoms with Crippen molar-refractivity contribution in [2.24, 2.45) is 7.05 Å². The summed E-state index contributed by atoms with van der Waals surface area (Å²) in [6.45, 7) is 1.68. The van der Waals surface area contributed by atoms with Gasteiger partial charge < -0.3 is 4.90 Å². The van der Waals surface area contributed by atoms with Gasteiger partial charge in [0.1, 0.15) is 5.78 Å². The average Bonchev–Trinajstić information content (AvgIpc) is 2.53. The van der Waals surface area contributed by atoms with Crippen LogP contribution in [0.3, 0.4) is 0 Å². The van der Waals surface area contributed by atoms with Crippen molar-refractivity contribution in [1.29, 1.82) is 0 Å². The Morgan fingerprint density at radius 2 is 2.08 bits per heavy atom. The van der Waals surface area contributed by atoms with Crippen molar-refractivity contribution < 1.29 is 4.79 Å². The molecule has 4 heteroatoms. The van der Waals surface area contributed by atoms with Gasteiger partial charge in [0.05, 0.1) is 11.9 Å². The lowest BCUT2D eigenvalue weighted by atomic mass is 10.1. The summed E-state index contributed by atoms with van der Waals surface area (Å²) in [5.74, 6) is 0.375. The molecule has 70 valence electrons. The van der Waals surface area contributed by atoms with Gasteiger partial charge in [-0.15, -0.1) is 0 Å². The number of anilines is 1. The molecular formula is C9H13N3O. The van der Waals surface area contributed by atoms with Gasteiger partial charge in [0.25, 0.3) is 0 Å². The maximum Gasteiger partial charge on any atom is 0.136 e. The molecule has 1 saturated heterocycles. The van der Waals surface area contributed by atoms with Crippen molar-refractivity contribution >= 4 is 11.5 Å². The van der Waals surface area contributed by atoms with E-state index >= 15 is 0 Å². The molecule has 13 heavy (non-hydrogen) atoms. The van der Waals surface area contributed by atoms with E-state index in [2.05, 4.69) is 10.00 Å². The van der Waals surface area contributed by atoms with E-state index in [1.165, 1.54) is 0 Å². The molecule has 2 rings (SSSR count). The quantitative estimate of drug-likeness (QED) is 0.633. The number of piperidine rings is 1. The first-order valence-corrected chi connectivity index (χ1v) is 4.51. The van der Waals surface area contributed by atoms with Crippen LogP contribution in [0, 0.1) is 0 Å². The summed E-state index contributed by atoms with van der Waals surface area (Å²) in [6.07, 6.45) is 5.18. The highest BCUT2D eigenvalue weighted by Gasteiger charge is 2.16. The summed E-state index contributed by atoms with van der Waals surface area (Å²) in [5, 5.41) is 4.10. The van der Waals surface area contributed by atoms with Gasteiger partial charge in [-0.2, -0.15) is 5.10 Å². The van der Waals surface area contributed by atoms with Crippen molar-refractivity contribution in [3.63, 3.8) is 0 Å². The van der Waals surface area contributed by atoms with Crippen LogP contribution in [0.1, 0.15) is 12.8 Å². The Balaban J connectivity index is 2.06. The topological polar surface area (TPSA) is 38.1 Å². The summed E-state index contributed by atoms with van der Waals surface area (Å²) in [7, 11) is 1.90. The molecule has 0 bridgehead atoms. The van der Waals surface area contributed by atoms with Gasteiger partial charge in [-0.1, -0.05) is 0 Å². The molecule has 0 saturated carbocycles. The van der Waals surface area contributed by atoms with E-state index in [4.69, 9.17) is 0 Å². The van der Waals surface area contributed by atoms with Gasteiger partial charge in [-0.25, -0.2) is 0 Å². The van der Waals surface area contributed by atoms with Crippen molar-refractivity contribution in [1.82, 2.24) is 9.78 Å². The number of aryl methyl sites for hydroxylation is 1. The highest BCUT2D eigenvalue weighted by atomic mass is 16.1. The first-order valence-electron chi connectivity index (χ1n) is 4.51. The first kappa shape index (κ1) is 8.29. The largest absolute Gasteiger partial charge is 0.368 e. The standard InChI is InChI=1S/C9H13N3O/c1-11-7-8(6-10-11)12-4-2-9(13)3-5-12/h6-7H,2-5H2,1H3. The third-order valence-electron chi connectivity index (χ3n) is 2.38. The Morgan fingerprint density at radius 1 is 1.38 bits per heavy atom. The monoisotopic (exact) mass is 179 g/mol. The van der Waals surface area contributed by atoms with Crippen LogP contribution in [-0.2, 0) is 11.8 Å². The summed E-state index contributed by atoms with van der Waals surface area (Å²) in [5.41, 5.74) is 1.12. The van der Waals surface area contributed by atoms with E-state index in [1.807, 2.05) is 19.4 Å². The van der Waals surface area contributed by atoms with Gasteiger partial charge in [0.15, 0.2) is 0 Å². The van der Waals surface area contributed by atoms with Crippen LogP contribution in [0.2, 0.25) is 0 Å². The molecule has 0 atom stereocenters. The van der Waals surface area contributed by atoms with Gasteiger partial charge >= 0.3 is 0 Å². The molecule has 0 radical (unpaired) electrons. The average molecular weight is 179 g/mol. The van der Waals surface area contributed by atoms with E-state index in [9.17, 15) is 4.79 Å². The van der Waals surface area contributed by atoms with Crippen molar-refractivity contribution in [3.05, 3.63) is 12.4 Å². The zero-order chi connectivity index (χ0) is 9.26. The molecule has 1 aliphatic heterocycles. The Labute approximate surface area is 77.1 Å². The van der Waals surface area contributed by atoms with Crippen LogP contribution in [0.4, 0.5) is 5.69 Å². The minimum absolute atomic E-state index is 0.375. The number of hydrogen-bond acceptors (Lipinski definition) is 3. The Kier molecular flexibility index (Phi) is 2.04. The third kappa shape index (κ3) is 1.71. The molecule has 1 aromatic heterocycles. The number of carbonyl (C=O) groups excluding carboxylic acids is 1. The Hall–Kier alpha value is -1.32.